The molecule has 0 saturated heterocycles. The second-order valence-corrected chi connectivity index (χ2v) is 15.4. The Bertz CT molecular complexity index is 1700. The molecule has 40 heavy (non-hydrogen) atoms. The van der Waals surface area contributed by atoms with Crippen molar-refractivity contribution in [3.8, 4) is 33.4 Å². The Morgan fingerprint density at radius 2 is 0.800 bits per heavy atom. The van der Waals surface area contributed by atoms with Gasteiger partial charge in [0.15, 0.2) is 0 Å². The molecule has 192 valence electrons. The number of nitrogens with zero attached hydrogens (tertiary/aromatic N) is 1. The van der Waals surface area contributed by atoms with E-state index in [0.29, 0.717) is 0 Å². The minimum Gasteiger partial charge on any atom is -0.311 e. The summed E-state index contributed by atoms with van der Waals surface area (Å²) >= 11 is 0. The molecule has 0 fully saturated rings. The van der Waals surface area contributed by atoms with Crippen LogP contribution in [0, 0.1) is 0 Å². The molecule has 0 aliphatic carbocycles. The minimum absolute atomic E-state index is 1.15. The van der Waals surface area contributed by atoms with E-state index in [2.05, 4.69) is 170 Å². The molecule has 7 rings (SSSR count). The fourth-order valence-corrected chi connectivity index (χ4v) is 9.24. The van der Waals surface area contributed by atoms with Crippen molar-refractivity contribution in [2.75, 3.05) is 4.90 Å². The Kier molecular flexibility index (Phi) is 5.99. The molecule has 1 nitrogen and oxygen atoms in total. The molecule has 2 heteroatoms. The fraction of sp³-hybridized carbons (Fsp3) is 0.0526. The van der Waals surface area contributed by atoms with Crippen molar-refractivity contribution in [3.63, 3.8) is 0 Å². The fourth-order valence-electron chi connectivity index (χ4n) is 6.15. The summed E-state index contributed by atoms with van der Waals surface area (Å²) in [7, 11) is -1.79. The second kappa shape index (κ2) is 9.82. The van der Waals surface area contributed by atoms with Crippen LogP contribution in [0.2, 0.25) is 13.1 Å². The summed E-state index contributed by atoms with van der Waals surface area (Å²) in [5, 5.41) is 3.05. The standard InChI is InChI=1S/C38H31NSi/c1-40(2)37-16-10-9-15-35(37)36-26-25-34(27-38(36)40)39(32-21-17-30(18-22-32)28-11-5-3-6-12-28)33-23-19-31(20-24-33)29-13-7-4-8-14-29/h3-27H,1-2H3. The average molecular weight is 530 g/mol. The topological polar surface area (TPSA) is 3.24 Å². The van der Waals surface area contributed by atoms with Crippen LogP contribution >= 0.6 is 0 Å². The molecule has 0 N–H and O–H groups in total. The van der Waals surface area contributed by atoms with Crippen LogP contribution in [0.1, 0.15) is 0 Å². The smallest absolute Gasteiger partial charge is 0.113 e. The van der Waals surface area contributed by atoms with Crippen LogP contribution < -0.4 is 15.3 Å². The van der Waals surface area contributed by atoms with Crippen LogP contribution in [0.15, 0.2) is 152 Å². The van der Waals surface area contributed by atoms with E-state index in [1.165, 1.54) is 49.4 Å². The first-order valence-electron chi connectivity index (χ1n) is 14.0. The van der Waals surface area contributed by atoms with Crippen LogP contribution in [0.25, 0.3) is 33.4 Å². The summed E-state index contributed by atoms with van der Waals surface area (Å²) in [6.45, 7) is 4.96. The maximum absolute atomic E-state index is 2.48. The minimum atomic E-state index is -1.79. The van der Waals surface area contributed by atoms with Crippen LogP contribution in [0.4, 0.5) is 17.1 Å². The number of anilines is 3. The normalized spacial score (nSPS) is 12.9. The van der Waals surface area contributed by atoms with Gasteiger partial charge in [0.2, 0.25) is 0 Å². The van der Waals surface area contributed by atoms with Gasteiger partial charge in [-0.25, -0.2) is 0 Å². The highest BCUT2D eigenvalue weighted by atomic mass is 28.3. The van der Waals surface area contributed by atoms with Crippen molar-refractivity contribution in [2.45, 2.75) is 13.1 Å². The zero-order chi connectivity index (χ0) is 27.1. The Morgan fingerprint density at radius 3 is 1.35 bits per heavy atom. The molecule has 0 amide bonds. The Morgan fingerprint density at radius 1 is 0.375 bits per heavy atom. The highest BCUT2D eigenvalue weighted by molar-refractivity contribution is 7.03. The lowest BCUT2D eigenvalue weighted by atomic mass is 10.0. The van der Waals surface area contributed by atoms with Gasteiger partial charge in [0.05, 0.1) is 0 Å². The van der Waals surface area contributed by atoms with Gasteiger partial charge in [-0.05, 0) is 80.2 Å². The first kappa shape index (κ1) is 24.4. The molecule has 6 aromatic carbocycles. The van der Waals surface area contributed by atoms with E-state index >= 15 is 0 Å². The number of hydrogen-bond donors (Lipinski definition) is 0. The highest BCUT2D eigenvalue weighted by Gasteiger charge is 2.37. The first-order valence-corrected chi connectivity index (χ1v) is 17.0. The van der Waals surface area contributed by atoms with Crippen molar-refractivity contribution in [1.29, 1.82) is 0 Å². The van der Waals surface area contributed by atoms with Gasteiger partial charge in [-0.15, -0.1) is 0 Å². The maximum Gasteiger partial charge on any atom is 0.113 e. The van der Waals surface area contributed by atoms with Crippen LogP contribution in [0.5, 0.6) is 0 Å². The van der Waals surface area contributed by atoms with E-state index < -0.39 is 8.07 Å². The zero-order valence-electron chi connectivity index (χ0n) is 22.9. The third kappa shape index (κ3) is 4.18. The van der Waals surface area contributed by atoms with Gasteiger partial charge in [0, 0.05) is 17.1 Å². The Balaban J connectivity index is 1.34. The van der Waals surface area contributed by atoms with Gasteiger partial charge in [-0.2, -0.15) is 0 Å². The SMILES string of the molecule is C[Si]1(C)c2ccccc2-c2ccc(N(c3ccc(-c4ccccc4)cc3)c3ccc(-c4ccccc4)cc3)cc21. The predicted molar refractivity (Wildman–Crippen MR) is 174 cm³/mol. The number of fused-ring (bicyclic) bond motifs is 3. The summed E-state index contributed by atoms with van der Waals surface area (Å²) in [5.41, 5.74) is 11.2. The van der Waals surface area contributed by atoms with Crippen molar-refractivity contribution < 1.29 is 0 Å². The number of hydrogen-bond acceptors (Lipinski definition) is 1. The van der Waals surface area contributed by atoms with Gasteiger partial charge in [0.25, 0.3) is 0 Å². The third-order valence-corrected chi connectivity index (χ3v) is 11.8. The maximum atomic E-state index is 2.48. The molecule has 0 unspecified atom stereocenters. The average Bonchev–Trinajstić information content (AvgIpc) is 3.25. The van der Waals surface area contributed by atoms with E-state index in [1.807, 2.05) is 0 Å². The van der Waals surface area contributed by atoms with E-state index in [1.54, 1.807) is 0 Å². The van der Waals surface area contributed by atoms with Crippen molar-refractivity contribution in [3.05, 3.63) is 152 Å². The summed E-state index contributed by atoms with van der Waals surface area (Å²) in [4.78, 5) is 2.40. The molecule has 0 aromatic heterocycles. The van der Waals surface area contributed by atoms with Gasteiger partial charge < -0.3 is 4.90 Å². The van der Waals surface area contributed by atoms with Gasteiger partial charge in [0.1, 0.15) is 8.07 Å². The Hall–Kier alpha value is -4.66. The van der Waals surface area contributed by atoms with Gasteiger partial charge >= 0.3 is 0 Å². The van der Waals surface area contributed by atoms with Crippen molar-refractivity contribution in [1.82, 2.24) is 0 Å². The molecule has 0 bridgehead atoms. The van der Waals surface area contributed by atoms with E-state index in [-0.39, 0.29) is 0 Å². The third-order valence-electron chi connectivity index (χ3n) is 8.29. The summed E-state index contributed by atoms with van der Waals surface area (Å²) in [6, 6.07) is 55.2. The van der Waals surface area contributed by atoms with Crippen LogP contribution in [0.3, 0.4) is 0 Å². The molecule has 0 saturated carbocycles. The molecule has 1 heterocycles. The lowest BCUT2D eigenvalue weighted by Gasteiger charge is -2.28. The van der Waals surface area contributed by atoms with Crippen LogP contribution in [-0.2, 0) is 0 Å². The molecule has 0 radical (unpaired) electrons. The monoisotopic (exact) mass is 529 g/mol. The Labute approximate surface area is 238 Å². The summed E-state index contributed by atoms with van der Waals surface area (Å²) in [6.07, 6.45) is 0. The molecule has 1 aliphatic rings. The van der Waals surface area contributed by atoms with Gasteiger partial charge in [-0.1, -0.05) is 128 Å². The van der Waals surface area contributed by atoms with E-state index in [9.17, 15) is 0 Å². The molecule has 0 atom stereocenters. The predicted octanol–water partition coefficient (Wildman–Crippen LogP) is 9.29. The highest BCUT2D eigenvalue weighted by Crippen LogP contribution is 2.38. The van der Waals surface area contributed by atoms with Crippen molar-refractivity contribution in [2.24, 2.45) is 0 Å². The largest absolute Gasteiger partial charge is 0.311 e. The molecular weight excluding hydrogens is 499 g/mol. The quantitative estimate of drug-likeness (QED) is 0.201. The molecular formula is C38H31NSi. The van der Waals surface area contributed by atoms with Crippen molar-refractivity contribution >= 4 is 35.5 Å². The van der Waals surface area contributed by atoms with E-state index in [4.69, 9.17) is 0 Å². The molecule has 6 aromatic rings. The van der Waals surface area contributed by atoms with Crippen LogP contribution in [-0.4, -0.2) is 8.07 Å². The first-order chi connectivity index (χ1) is 19.6. The molecule has 0 spiro atoms. The lowest BCUT2D eigenvalue weighted by Crippen LogP contribution is -2.49. The second-order valence-electron chi connectivity index (χ2n) is 11.1. The summed E-state index contributed by atoms with van der Waals surface area (Å²) < 4.78 is 0. The summed E-state index contributed by atoms with van der Waals surface area (Å²) in [5.74, 6) is 0. The number of rotatable bonds is 5. The lowest BCUT2D eigenvalue weighted by molar-refractivity contribution is 1.29. The van der Waals surface area contributed by atoms with E-state index in [0.717, 1.165) is 11.4 Å². The molecule has 1 aliphatic heterocycles. The number of benzene rings is 6. The van der Waals surface area contributed by atoms with Gasteiger partial charge in [-0.3, -0.25) is 0 Å². The zero-order valence-corrected chi connectivity index (χ0v) is 23.9.